The average molecular weight is 274 g/mol. The van der Waals surface area contributed by atoms with Crippen molar-refractivity contribution in [3.63, 3.8) is 0 Å². The summed E-state index contributed by atoms with van der Waals surface area (Å²) in [5.41, 5.74) is 0.758. The Morgan fingerprint density at radius 3 is 2.35 bits per heavy atom. The first-order chi connectivity index (χ1) is 9.63. The van der Waals surface area contributed by atoms with Gasteiger partial charge in [-0.3, -0.25) is 14.5 Å². The van der Waals surface area contributed by atoms with E-state index in [4.69, 9.17) is 0 Å². The highest BCUT2D eigenvalue weighted by atomic mass is 16.1. The number of benzene rings is 1. The zero-order valence-electron chi connectivity index (χ0n) is 12.1. The number of hydrogen-bond acceptors (Lipinski definition) is 3. The highest BCUT2D eigenvalue weighted by Crippen LogP contribution is 2.20. The van der Waals surface area contributed by atoms with Gasteiger partial charge in [-0.15, -0.1) is 0 Å². The second kappa shape index (κ2) is 6.66. The fourth-order valence-corrected chi connectivity index (χ4v) is 2.76. The molecule has 2 rings (SSSR count). The molecule has 0 aromatic heterocycles. The Morgan fingerprint density at radius 2 is 1.80 bits per heavy atom. The van der Waals surface area contributed by atoms with Crippen molar-refractivity contribution in [2.75, 3.05) is 20.1 Å². The van der Waals surface area contributed by atoms with E-state index in [1.807, 2.05) is 37.3 Å². The number of likely N-dealkylation sites (tertiary alicyclic amines) is 1. The van der Waals surface area contributed by atoms with Crippen molar-refractivity contribution in [3.8, 4) is 0 Å². The van der Waals surface area contributed by atoms with Gasteiger partial charge < -0.3 is 5.32 Å². The lowest BCUT2D eigenvalue weighted by Gasteiger charge is -2.34. The van der Waals surface area contributed by atoms with Crippen LogP contribution in [0.15, 0.2) is 30.3 Å². The number of nitrogens with zero attached hydrogens (tertiary/aromatic N) is 1. The molecular weight excluding hydrogens is 252 g/mol. The average Bonchev–Trinajstić information content (AvgIpc) is 2.53. The lowest BCUT2D eigenvalue weighted by atomic mass is 9.93. The molecule has 0 bridgehead atoms. The van der Waals surface area contributed by atoms with Crippen LogP contribution in [0.1, 0.15) is 30.1 Å². The molecule has 1 aliphatic heterocycles. The van der Waals surface area contributed by atoms with Gasteiger partial charge in [0, 0.05) is 18.5 Å². The zero-order valence-corrected chi connectivity index (χ0v) is 12.1. The molecule has 1 amide bonds. The summed E-state index contributed by atoms with van der Waals surface area (Å²) in [7, 11) is 1.68. The van der Waals surface area contributed by atoms with Crippen molar-refractivity contribution in [1.82, 2.24) is 10.2 Å². The number of rotatable bonds is 4. The van der Waals surface area contributed by atoms with E-state index < -0.39 is 0 Å². The van der Waals surface area contributed by atoms with Crippen LogP contribution >= 0.6 is 0 Å². The molecule has 1 aliphatic rings. The highest BCUT2D eigenvalue weighted by molar-refractivity contribution is 5.99. The van der Waals surface area contributed by atoms with Crippen LogP contribution in [0.2, 0.25) is 0 Å². The lowest BCUT2D eigenvalue weighted by molar-refractivity contribution is -0.126. The van der Waals surface area contributed by atoms with Crippen molar-refractivity contribution in [2.24, 2.45) is 5.92 Å². The van der Waals surface area contributed by atoms with Crippen molar-refractivity contribution in [3.05, 3.63) is 35.9 Å². The maximum atomic E-state index is 12.4. The molecule has 20 heavy (non-hydrogen) atoms. The van der Waals surface area contributed by atoms with Gasteiger partial charge in [0.05, 0.1) is 6.04 Å². The van der Waals surface area contributed by atoms with Crippen LogP contribution in [-0.4, -0.2) is 42.8 Å². The number of hydrogen-bond donors (Lipinski definition) is 1. The molecule has 1 heterocycles. The SMILES string of the molecule is CNC(=O)C1CCN(C(C)C(=O)c2ccccc2)CC1. The third-order valence-electron chi connectivity index (χ3n) is 4.13. The monoisotopic (exact) mass is 274 g/mol. The smallest absolute Gasteiger partial charge is 0.222 e. The molecule has 0 aliphatic carbocycles. The van der Waals surface area contributed by atoms with Crippen molar-refractivity contribution in [2.45, 2.75) is 25.8 Å². The minimum Gasteiger partial charge on any atom is -0.359 e. The van der Waals surface area contributed by atoms with Gasteiger partial charge in [-0.2, -0.15) is 0 Å². The lowest BCUT2D eigenvalue weighted by Crippen LogP contribution is -2.46. The van der Waals surface area contributed by atoms with Crippen LogP contribution in [0.25, 0.3) is 0 Å². The van der Waals surface area contributed by atoms with Crippen molar-refractivity contribution >= 4 is 11.7 Å². The summed E-state index contributed by atoms with van der Waals surface area (Å²) < 4.78 is 0. The third-order valence-corrected chi connectivity index (χ3v) is 4.13. The van der Waals surface area contributed by atoms with E-state index in [0.29, 0.717) is 0 Å². The molecule has 108 valence electrons. The van der Waals surface area contributed by atoms with E-state index >= 15 is 0 Å². The van der Waals surface area contributed by atoms with Crippen LogP contribution in [-0.2, 0) is 4.79 Å². The van der Waals surface area contributed by atoms with Crippen LogP contribution in [0, 0.1) is 5.92 Å². The first-order valence-corrected chi connectivity index (χ1v) is 7.18. The van der Waals surface area contributed by atoms with Gasteiger partial charge in [-0.1, -0.05) is 30.3 Å². The minimum absolute atomic E-state index is 0.0928. The Bertz CT molecular complexity index is 465. The van der Waals surface area contributed by atoms with Crippen LogP contribution in [0.4, 0.5) is 0 Å². The van der Waals surface area contributed by atoms with Crippen molar-refractivity contribution in [1.29, 1.82) is 0 Å². The molecule has 1 N–H and O–H groups in total. The summed E-state index contributed by atoms with van der Waals surface area (Å²) in [5, 5.41) is 2.70. The summed E-state index contributed by atoms with van der Waals surface area (Å²) in [6, 6.07) is 9.28. The van der Waals surface area contributed by atoms with Crippen LogP contribution < -0.4 is 5.32 Å². The molecule has 1 atom stereocenters. The summed E-state index contributed by atoms with van der Waals surface area (Å²) in [6.45, 7) is 3.56. The molecule has 1 unspecified atom stereocenters. The predicted molar refractivity (Wildman–Crippen MR) is 78.6 cm³/mol. The Balaban J connectivity index is 1.93. The minimum atomic E-state index is -0.122. The first-order valence-electron chi connectivity index (χ1n) is 7.18. The number of nitrogens with one attached hydrogen (secondary N) is 1. The highest BCUT2D eigenvalue weighted by Gasteiger charge is 2.29. The summed E-state index contributed by atoms with van der Waals surface area (Å²) in [6.07, 6.45) is 1.65. The van der Waals surface area contributed by atoms with Gasteiger partial charge in [0.25, 0.3) is 0 Å². The maximum Gasteiger partial charge on any atom is 0.222 e. The molecule has 0 radical (unpaired) electrons. The number of piperidine rings is 1. The Hall–Kier alpha value is -1.68. The van der Waals surface area contributed by atoms with Gasteiger partial charge in [-0.25, -0.2) is 0 Å². The second-order valence-corrected chi connectivity index (χ2v) is 5.33. The Morgan fingerprint density at radius 1 is 1.20 bits per heavy atom. The Labute approximate surface area is 120 Å². The molecule has 4 heteroatoms. The van der Waals surface area contributed by atoms with E-state index in [0.717, 1.165) is 31.5 Å². The molecule has 1 aromatic rings. The molecule has 1 aromatic carbocycles. The van der Waals surface area contributed by atoms with E-state index in [1.165, 1.54) is 0 Å². The van der Waals surface area contributed by atoms with E-state index in [9.17, 15) is 9.59 Å². The van der Waals surface area contributed by atoms with E-state index in [-0.39, 0.29) is 23.7 Å². The fraction of sp³-hybridized carbons (Fsp3) is 0.500. The predicted octanol–water partition coefficient (Wildman–Crippen LogP) is 1.72. The number of Topliss-reactive ketones (excluding diaryl/α,β-unsaturated/α-hetero) is 1. The van der Waals surface area contributed by atoms with E-state index in [2.05, 4.69) is 10.2 Å². The van der Waals surface area contributed by atoms with Gasteiger partial charge in [0.2, 0.25) is 5.91 Å². The maximum absolute atomic E-state index is 12.4. The summed E-state index contributed by atoms with van der Waals surface area (Å²) in [5.74, 6) is 0.367. The molecule has 0 spiro atoms. The normalized spacial score (nSPS) is 18.5. The fourth-order valence-electron chi connectivity index (χ4n) is 2.76. The molecular formula is C16H22N2O2. The number of carbonyl (C=O) groups excluding carboxylic acids is 2. The Kier molecular flexibility index (Phi) is 4.90. The van der Waals surface area contributed by atoms with Crippen LogP contribution in [0.3, 0.4) is 0 Å². The summed E-state index contributed by atoms with van der Waals surface area (Å²) in [4.78, 5) is 26.2. The topological polar surface area (TPSA) is 49.4 Å². The second-order valence-electron chi connectivity index (χ2n) is 5.33. The standard InChI is InChI=1S/C16H22N2O2/c1-12(15(19)13-6-4-3-5-7-13)18-10-8-14(9-11-18)16(20)17-2/h3-7,12,14H,8-11H2,1-2H3,(H,17,20). The number of amides is 1. The van der Waals surface area contributed by atoms with Gasteiger partial charge >= 0.3 is 0 Å². The van der Waals surface area contributed by atoms with Gasteiger partial charge in [0.15, 0.2) is 5.78 Å². The van der Waals surface area contributed by atoms with Crippen LogP contribution in [0.5, 0.6) is 0 Å². The number of ketones is 1. The largest absolute Gasteiger partial charge is 0.359 e. The molecule has 0 saturated carbocycles. The quantitative estimate of drug-likeness (QED) is 0.850. The molecule has 4 nitrogen and oxygen atoms in total. The number of carbonyl (C=O) groups is 2. The van der Waals surface area contributed by atoms with E-state index in [1.54, 1.807) is 7.05 Å². The zero-order chi connectivity index (χ0) is 14.5. The third kappa shape index (κ3) is 3.25. The summed E-state index contributed by atoms with van der Waals surface area (Å²) >= 11 is 0. The molecule has 1 fully saturated rings. The van der Waals surface area contributed by atoms with Crippen molar-refractivity contribution < 1.29 is 9.59 Å². The van der Waals surface area contributed by atoms with Gasteiger partial charge in [0.1, 0.15) is 0 Å². The first kappa shape index (κ1) is 14.7. The molecule has 1 saturated heterocycles. The van der Waals surface area contributed by atoms with Gasteiger partial charge in [-0.05, 0) is 32.9 Å².